The lowest BCUT2D eigenvalue weighted by atomic mass is 10.3. The monoisotopic (exact) mass is 286 g/mol. The van der Waals surface area contributed by atoms with E-state index in [0.29, 0.717) is 28.9 Å². The topological polar surface area (TPSA) is 55.1 Å². The first-order valence-corrected chi connectivity index (χ1v) is 7.42. The number of anilines is 1. The standard InChI is InChI=1S/C13H19ClN2OS/c1-10(6-8-15)18-9-7-13(17)16-12-5-3-2-4-11(12)14/h2-5,10H,6-9,15H2,1H3,(H,16,17). The van der Waals surface area contributed by atoms with E-state index in [1.165, 1.54) is 0 Å². The van der Waals surface area contributed by atoms with Crippen molar-refractivity contribution in [3.05, 3.63) is 29.3 Å². The van der Waals surface area contributed by atoms with Crippen LogP contribution in [0.4, 0.5) is 5.69 Å². The van der Waals surface area contributed by atoms with Gasteiger partial charge in [0, 0.05) is 17.4 Å². The highest BCUT2D eigenvalue weighted by molar-refractivity contribution is 7.99. The van der Waals surface area contributed by atoms with Crippen molar-refractivity contribution in [1.82, 2.24) is 0 Å². The summed E-state index contributed by atoms with van der Waals surface area (Å²) < 4.78 is 0. The van der Waals surface area contributed by atoms with Crippen LogP contribution in [-0.2, 0) is 4.79 Å². The number of para-hydroxylation sites is 1. The molecular formula is C13H19ClN2OS. The van der Waals surface area contributed by atoms with E-state index in [1.54, 1.807) is 23.9 Å². The Balaban J connectivity index is 2.28. The molecule has 5 heteroatoms. The molecule has 1 atom stereocenters. The average molecular weight is 287 g/mol. The predicted octanol–water partition coefficient (Wildman–Crippen LogP) is 3.14. The minimum absolute atomic E-state index is 0.00412. The van der Waals surface area contributed by atoms with Crippen LogP contribution in [0, 0.1) is 0 Å². The molecule has 3 nitrogen and oxygen atoms in total. The SMILES string of the molecule is CC(CCN)SCCC(=O)Nc1ccccc1Cl. The van der Waals surface area contributed by atoms with Crippen LogP contribution in [-0.4, -0.2) is 23.5 Å². The molecule has 1 rings (SSSR count). The number of carbonyl (C=O) groups is 1. The van der Waals surface area contributed by atoms with Crippen LogP contribution in [0.15, 0.2) is 24.3 Å². The highest BCUT2D eigenvalue weighted by Gasteiger charge is 2.07. The Hall–Kier alpha value is -0.710. The molecule has 3 N–H and O–H groups in total. The fourth-order valence-electron chi connectivity index (χ4n) is 1.45. The van der Waals surface area contributed by atoms with Crippen molar-refractivity contribution >= 4 is 35.0 Å². The molecule has 1 aromatic carbocycles. The van der Waals surface area contributed by atoms with Crippen LogP contribution in [0.1, 0.15) is 19.8 Å². The van der Waals surface area contributed by atoms with Gasteiger partial charge in [-0.15, -0.1) is 0 Å². The van der Waals surface area contributed by atoms with Crippen molar-refractivity contribution in [3.63, 3.8) is 0 Å². The molecule has 0 bridgehead atoms. The zero-order chi connectivity index (χ0) is 13.4. The van der Waals surface area contributed by atoms with Crippen LogP contribution in [0.5, 0.6) is 0 Å². The zero-order valence-corrected chi connectivity index (χ0v) is 12.1. The number of hydrogen-bond donors (Lipinski definition) is 2. The van der Waals surface area contributed by atoms with E-state index in [0.717, 1.165) is 12.2 Å². The quantitative estimate of drug-likeness (QED) is 0.810. The third-order valence-electron chi connectivity index (χ3n) is 2.45. The molecule has 0 heterocycles. The molecule has 0 aliphatic rings. The molecule has 100 valence electrons. The summed E-state index contributed by atoms with van der Waals surface area (Å²) in [6.45, 7) is 2.82. The Morgan fingerprint density at radius 1 is 1.50 bits per heavy atom. The zero-order valence-electron chi connectivity index (χ0n) is 10.5. The summed E-state index contributed by atoms with van der Waals surface area (Å²) in [5.41, 5.74) is 6.14. The third-order valence-corrected chi connectivity index (χ3v) is 4.03. The molecule has 0 aliphatic carbocycles. The summed E-state index contributed by atoms with van der Waals surface area (Å²) in [4.78, 5) is 11.7. The van der Waals surface area contributed by atoms with E-state index in [4.69, 9.17) is 17.3 Å². The number of nitrogens with two attached hydrogens (primary N) is 1. The minimum atomic E-state index is -0.00412. The number of benzene rings is 1. The number of halogens is 1. The summed E-state index contributed by atoms with van der Waals surface area (Å²) in [5.74, 6) is 0.799. The van der Waals surface area contributed by atoms with E-state index in [9.17, 15) is 4.79 Å². The normalized spacial score (nSPS) is 12.2. The molecule has 0 aliphatic heterocycles. The summed E-state index contributed by atoms with van der Waals surface area (Å²) in [7, 11) is 0. The lowest BCUT2D eigenvalue weighted by Crippen LogP contribution is -2.14. The molecule has 0 fully saturated rings. The van der Waals surface area contributed by atoms with E-state index < -0.39 is 0 Å². The fourth-order valence-corrected chi connectivity index (χ4v) is 2.64. The molecule has 1 unspecified atom stereocenters. The Morgan fingerprint density at radius 3 is 2.89 bits per heavy atom. The van der Waals surface area contributed by atoms with Crippen LogP contribution in [0.2, 0.25) is 5.02 Å². The van der Waals surface area contributed by atoms with Gasteiger partial charge in [-0.3, -0.25) is 4.79 Å². The lowest BCUT2D eigenvalue weighted by molar-refractivity contribution is -0.115. The first-order valence-electron chi connectivity index (χ1n) is 5.99. The third kappa shape index (κ3) is 5.76. The number of thioether (sulfide) groups is 1. The maximum absolute atomic E-state index is 11.7. The molecule has 0 radical (unpaired) electrons. The van der Waals surface area contributed by atoms with Gasteiger partial charge < -0.3 is 11.1 Å². The van der Waals surface area contributed by atoms with Crippen LogP contribution >= 0.6 is 23.4 Å². The summed E-state index contributed by atoms with van der Waals surface area (Å²) in [6, 6.07) is 7.24. The Kier molecular flexibility index (Phi) is 7.16. The van der Waals surface area contributed by atoms with Gasteiger partial charge in [-0.05, 0) is 25.1 Å². The highest BCUT2D eigenvalue weighted by atomic mass is 35.5. The van der Waals surface area contributed by atoms with Gasteiger partial charge in [0.2, 0.25) is 5.91 Å². The van der Waals surface area contributed by atoms with Gasteiger partial charge >= 0.3 is 0 Å². The van der Waals surface area contributed by atoms with Gasteiger partial charge in [0.1, 0.15) is 0 Å². The number of nitrogens with one attached hydrogen (secondary N) is 1. The first kappa shape index (κ1) is 15.3. The minimum Gasteiger partial charge on any atom is -0.330 e. The first-order chi connectivity index (χ1) is 8.63. The molecule has 0 saturated heterocycles. The van der Waals surface area contributed by atoms with Gasteiger partial charge in [0.25, 0.3) is 0 Å². The molecular weight excluding hydrogens is 268 g/mol. The Morgan fingerprint density at radius 2 is 2.22 bits per heavy atom. The van der Waals surface area contributed by atoms with Crippen molar-refractivity contribution in [2.45, 2.75) is 25.0 Å². The van der Waals surface area contributed by atoms with Crippen LogP contribution in [0.25, 0.3) is 0 Å². The second-order valence-corrected chi connectivity index (χ2v) is 5.99. The molecule has 18 heavy (non-hydrogen) atoms. The van der Waals surface area contributed by atoms with E-state index in [-0.39, 0.29) is 5.91 Å². The van der Waals surface area contributed by atoms with Crippen LogP contribution in [0.3, 0.4) is 0 Å². The summed E-state index contributed by atoms with van der Waals surface area (Å²) >= 11 is 7.73. The summed E-state index contributed by atoms with van der Waals surface area (Å²) in [6.07, 6.45) is 1.47. The molecule has 1 amide bonds. The van der Waals surface area contributed by atoms with Gasteiger partial charge in [-0.25, -0.2) is 0 Å². The van der Waals surface area contributed by atoms with Gasteiger partial charge in [0.05, 0.1) is 10.7 Å². The average Bonchev–Trinajstić information content (AvgIpc) is 2.32. The molecule has 0 aromatic heterocycles. The Bertz CT molecular complexity index is 387. The van der Waals surface area contributed by atoms with E-state index in [2.05, 4.69) is 12.2 Å². The number of hydrogen-bond acceptors (Lipinski definition) is 3. The van der Waals surface area contributed by atoms with Gasteiger partial charge in [0.15, 0.2) is 0 Å². The van der Waals surface area contributed by atoms with Crippen molar-refractivity contribution < 1.29 is 4.79 Å². The van der Waals surface area contributed by atoms with Gasteiger partial charge in [-0.1, -0.05) is 30.7 Å². The highest BCUT2D eigenvalue weighted by Crippen LogP contribution is 2.21. The van der Waals surface area contributed by atoms with Crippen molar-refractivity contribution in [2.24, 2.45) is 5.73 Å². The van der Waals surface area contributed by atoms with Gasteiger partial charge in [-0.2, -0.15) is 11.8 Å². The molecule has 0 saturated carbocycles. The fraction of sp³-hybridized carbons (Fsp3) is 0.462. The Labute approximate surface area is 117 Å². The van der Waals surface area contributed by atoms with E-state index >= 15 is 0 Å². The van der Waals surface area contributed by atoms with Crippen LogP contribution < -0.4 is 11.1 Å². The van der Waals surface area contributed by atoms with E-state index in [1.807, 2.05) is 12.1 Å². The number of rotatable bonds is 7. The maximum atomic E-state index is 11.7. The number of amides is 1. The summed E-state index contributed by atoms with van der Waals surface area (Å²) in [5, 5.41) is 3.87. The second kappa shape index (κ2) is 8.40. The largest absolute Gasteiger partial charge is 0.330 e. The second-order valence-electron chi connectivity index (χ2n) is 4.04. The smallest absolute Gasteiger partial charge is 0.225 e. The van der Waals surface area contributed by atoms with Crippen molar-refractivity contribution in [1.29, 1.82) is 0 Å². The van der Waals surface area contributed by atoms with Crippen molar-refractivity contribution in [2.75, 3.05) is 17.6 Å². The molecule has 0 spiro atoms. The maximum Gasteiger partial charge on any atom is 0.225 e. The predicted molar refractivity (Wildman–Crippen MR) is 80.3 cm³/mol. The number of carbonyl (C=O) groups excluding carboxylic acids is 1. The van der Waals surface area contributed by atoms with Crippen molar-refractivity contribution in [3.8, 4) is 0 Å². The molecule has 1 aromatic rings. The lowest BCUT2D eigenvalue weighted by Gasteiger charge is -2.10.